The molecule has 0 aliphatic carbocycles. The summed E-state index contributed by atoms with van der Waals surface area (Å²) in [7, 11) is 0. The van der Waals surface area contributed by atoms with Crippen molar-refractivity contribution in [2.75, 3.05) is 13.1 Å². The van der Waals surface area contributed by atoms with Crippen molar-refractivity contribution in [1.82, 2.24) is 10.2 Å². The fraction of sp³-hybridized carbons (Fsp3) is 0.500. The van der Waals surface area contributed by atoms with Gasteiger partial charge >= 0.3 is 0 Å². The van der Waals surface area contributed by atoms with Crippen LogP contribution in [0.5, 0.6) is 0 Å². The number of hydrogen-bond acceptors (Lipinski definition) is 2. The van der Waals surface area contributed by atoms with Gasteiger partial charge in [0, 0.05) is 6.54 Å². The van der Waals surface area contributed by atoms with Crippen molar-refractivity contribution in [3.63, 3.8) is 0 Å². The van der Waals surface area contributed by atoms with Crippen molar-refractivity contribution in [3.8, 4) is 0 Å². The van der Waals surface area contributed by atoms with Gasteiger partial charge in [-0.05, 0) is 11.5 Å². The fourth-order valence-electron chi connectivity index (χ4n) is 2.14. The third-order valence-corrected chi connectivity index (χ3v) is 3.40. The first-order chi connectivity index (χ1) is 8.22. The summed E-state index contributed by atoms with van der Waals surface area (Å²) in [5, 5.41) is 3.28. The molecule has 2 rings (SSSR count). The Kier molecular flexibility index (Phi) is 3.79. The smallest absolute Gasteiger partial charge is 0.238 e. The molecular formula is C14H20N2O. The summed E-state index contributed by atoms with van der Waals surface area (Å²) >= 11 is 0. The normalized spacial score (nSPS) is 21.9. The predicted octanol–water partition coefficient (Wildman–Crippen LogP) is 2.16. The molecule has 1 N–H and O–H groups in total. The van der Waals surface area contributed by atoms with E-state index in [4.69, 9.17) is 0 Å². The minimum absolute atomic E-state index is 0.0534. The lowest BCUT2D eigenvalue weighted by Crippen LogP contribution is -2.33. The minimum Gasteiger partial charge on any atom is -0.322 e. The Balaban J connectivity index is 2.14. The van der Waals surface area contributed by atoms with E-state index >= 15 is 0 Å². The van der Waals surface area contributed by atoms with E-state index in [1.165, 1.54) is 5.56 Å². The van der Waals surface area contributed by atoms with Crippen LogP contribution in [-0.4, -0.2) is 23.9 Å². The molecule has 17 heavy (non-hydrogen) atoms. The molecule has 1 amide bonds. The zero-order valence-electron chi connectivity index (χ0n) is 10.5. The standard InChI is InChI=1S/C14H20N2O/c1-3-11(2)10-16-13(17)9-15-14(16)12-7-5-4-6-8-12/h4-8,11,14-15H,3,9-10H2,1-2H3. The van der Waals surface area contributed by atoms with E-state index in [1.807, 2.05) is 23.1 Å². The van der Waals surface area contributed by atoms with E-state index in [0.717, 1.165) is 13.0 Å². The Morgan fingerprint density at radius 3 is 2.76 bits per heavy atom. The second kappa shape index (κ2) is 5.32. The van der Waals surface area contributed by atoms with Gasteiger partial charge in [0.2, 0.25) is 5.91 Å². The van der Waals surface area contributed by atoms with Crippen molar-refractivity contribution in [1.29, 1.82) is 0 Å². The molecule has 0 radical (unpaired) electrons. The highest BCUT2D eigenvalue weighted by Gasteiger charge is 2.31. The molecule has 1 aromatic carbocycles. The average Bonchev–Trinajstić information content (AvgIpc) is 2.72. The number of nitrogens with one attached hydrogen (secondary N) is 1. The first kappa shape index (κ1) is 12.1. The van der Waals surface area contributed by atoms with Gasteiger partial charge in [0.15, 0.2) is 0 Å². The molecule has 0 spiro atoms. The molecule has 3 heteroatoms. The lowest BCUT2D eigenvalue weighted by Gasteiger charge is -2.27. The van der Waals surface area contributed by atoms with Gasteiger partial charge in [-0.2, -0.15) is 0 Å². The minimum atomic E-state index is 0.0534. The zero-order chi connectivity index (χ0) is 12.3. The maximum absolute atomic E-state index is 11.9. The van der Waals surface area contributed by atoms with Crippen molar-refractivity contribution < 1.29 is 4.79 Å². The van der Waals surface area contributed by atoms with E-state index < -0.39 is 0 Å². The van der Waals surface area contributed by atoms with Gasteiger partial charge in [0.05, 0.1) is 6.54 Å². The quantitative estimate of drug-likeness (QED) is 0.862. The van der Waals surface area contributed by atoms with Gasteiger partial charge in [0.25, 0.3) is 0 Å². The third kappa shape index (κ3) is 2.67. The molecule has 1 heterocycles. The molecule has 1 aliphatic heterocycles. The van der Waals surface area contributed by atoms with Crippen LogP contribution in [0.4, 0.5) is 0 Å². The van der Waals surface area contributed by atoms with Crippen LogP contribution in [-0.2, 0) is 4.79 Å². The number of carbonyl (C=O) groups excluding carboxylic acids is 1. The molecule has 1 fully saturated rings. The highest BCUT2D eigenvalue weighted by atomic mass is 16.2. The highest BCUT2D eigenvalue weighted by molar-refractivity contribution is 5.80. The van der Waals surface area contributed by atoms with E-state index in [1.54, 1.807) is 0 Å². The summed E-state index contributed by atoms with van der Waals surface area (Å²) in [6.45, 7) is 5.64. The van der Waals surface area contributed by atoms with Gasteiger partial charge in [-0.25, -0.2) is 0 Å². The average molecular weight is 232 g/mol. The number of carbonyl (C=O) groups is 1. The van der Waals surface area contributed by atoms with Gasteiger partial charge in [-0.1, -0.05) is 50.6 Å². The highest BCUT2D eigenvalue weighted by Crippen LogP contribution is 2.23. The second-order valence-corrected chi connectivity index (χ2v) is 4.75. The Labute approximate surface area is 103 Å². The Hall–Kier alpha value is -1.35. The zero-order valence-corrected chi connectivity index (χ0v) is 10.5. The lowest BCUT2D eigenvalue weighted by molar-refractivity contribution is -0.128. The van der Waals surface area contributed by atoms with Crippen molar-refractivity contribution >= 4 is 5.91 Å². The van der Waals surface area contributed by atoms with Crippen molar-refractivity contribution in [2.24, 2.45) is 5.92 Å². The van der Waals surface area contributed by atoms with Crippen LogP contribution in [0.15, 0.2) is 30.3 Å². The van der Waals surface area contributed by atoms with Crippen molar-refractivity contribution in [2.45, 2.75) is 26.4 Å². The van der Waals surface area contributed by atoms with Crippen LogP contribution in [0.1, 0.15) is 32.0 Å². The van der Waals surface area contributed by atoms with E-state index in [9.17, 15) is 4.79 Å². The van der Waals surface area contributed by atoms with Crippen LogP contribution in [0.2, 0.25) is 0 Å². The first-order valence-corrected chi connectivity index (χ1v) is 6.30. The second-order valence-electron chi connectivity index (χ2n) is 4.75. The topological polar surface area (TPSA) is 32.3 Å². The Bertz CT molecular complexity index is 377. The molecule has 2 unspecified atom stereocenters. The molecule has 92 valence electrons. The van der Waals surface area contributed by atoms with Gasteiger partial charge in [-0.15, -0.1) is 0 Å². The molecule has 1 aliphatic rings. The molecule has 3 nitrogen and oxygen atoms in total. The summed E-state index contributed by atoms with van der Waals surface area (Å²) in [4.78, 5) is 13.8. The molecule has 2 atom stereocenters. The van der Waals surface area contributed by atoms with Crippen LogP contribution in [0.3, 0.4) is 0 Å². The molecule has 1 aromatic rings. The van der Waals surface area contributed by atoms with E-state index in [-0.39, 0.29) is 12.1 Å². The summed E-state index contributed by atoms with van der Waals surface area (Å²) in [5.41, 5.74) is 1.17. The molecular weight excluding hydrogens is 212 g/mol. The van der Waals surface area contributed by atoms with Crippen molar-refractivity contribution in [3.05, 3.63) is 35.9 Å². The van der Waals surface area contributed by atoms with E-state index in [0.29, 0.717) is 12.5 Å². The van der Waals surface area contributed by atoms with Crippen LogP contribution in [0, 0.1) is 5.92 Å². The van der Waals surface area contributed by atoms with Gasteiger partial charge in [0.1, 0.15) is 6.17 Å². The van der Waals surface area contributed by atoms with Crippen LogP contribution >= 0.6 is 0 Å². The summed E-state index contributed by atoms with van der Waals surface area (Å²) in [6.07, 6.45) is 1.16. The Morgan fingerprint density at radius 2 is 2.12 bits per heavy atom. The molecule has 0 aromatic heterocycles. The van der Waals surface area contributed by atoms with Crippen LogP contribution < -0.4 is 5.32 Å². The summed E-state index contributed by atoms with van der Waals surface area (Å²) in [5.74, 6) is 0.754. The fourth-order valence-corrected chi connectivity index (χ4v) is 2.14. The molecule has 1 saturated heterocycles. The first-order valence-electron chi connectivity index (χ1n) is 6.30. The van der Waals surface area contributed by atoms with Gasteiger partial charge in [-0.3, -0.25) is 10.1 Å². The number of amides is 1. The maximum Gasteiger partial charge on any atom is 0.238 e. The monoisotopic (exact) mass is 232 g/mol. The Morgan fingerprint density at radius 1 is 1.41 bits per heavy atom. The largest absolute Gasteiger partial charge is 0.322 e. The lowest BCUT2D eigenvalue weighted by atomic mass is 10.1. The number of rotatable bonds is 4. The number of hydrogen-bond donors (Lipinski definition) is 1. The predicted molar refractivity (Wildman–Crippen MR) is 68.4 cm³/mol. The van der Waals surface area contributed by atoms with Crippen LogP contribution in [0.25, 0.3) is 0 Å². The third-order valence-electron chi connectivity index (χ3n) is 3.40. The number of benzene rings is 1. The van der Waals surface area contributed by atoms with E-state index in [2.05, 4.69) is 31.3 Å². The SMILES string of the molecule is CCC(C)CN1C(=O)CNC1c1ccccc1. The summed E-state index contributed by atoms with van der Waals surface area (Å²) in [6, 6.07) is 10.2. The number of nitrogens with zero attached hydrogens (tertiary/aromatic N) is 1. The maximum atomic E-state index is 11.9. The molecule has 0 bridgehead atoms. The summed E-state index contributed by atoms with van der Waals surface area (Å²) < 4.78 is 0. The molecule has 0 saturated carbocycles. The van der Waals surface area contributed by atoms with Gasteiger partial charge < -0.3 is 4.90 Å².